The molecule has 4 nitrogen and oxygen atoms in total. The van der Waals surface area contributed by atoms with Crippen molar-refractivity contribution in [3.05, 3.63) is 41.7 Å². The van der Waals surface area contributed by atoms with Crippen LogP contribution in [0.25, 0.3) is 5.69 Å². The second kappa shape index (κ2) is 7.73. The van der Waals surface area contributed by atoms with E-state index < -0.39 is 0 Å². The van der Waals surface area contributed by atoms with Crippen molar-refractivity contribution in [1.29, 1.82) is 0 Å². The average Bonchev–Trinajstić information content (AvgIpc) is 3.05. The van der Waals surface area contributed by atoms with Gasteiger partial charge < -0.3 is 5.73 Å². The fourth-order valence-corrected chi connectivity index (χ4v) is 3.85. The molecule has 0 bridgehead atoms. The monoisotopic (exact) mass is 312 g/mol. The molecule has 0 radical (unpaired) electrons. The fraction of sp³-hybridized carbons (Fsp3) is 0.579. The third kappa shape index (κ3) is 3.63. The maximum atomic E-state index is 5.93. The number of hydrogen-bond acceptors (Lipinski definition) is 3. The summed E-state index contributed by atoms with van der Waals surface area (Å²) in [5.74, 6) is 1.45. The summed E-state index contributed by atoms with van der Waals surface area (Å²) in [7, 11) is 0. The maximum Gasteiger partial charge on any atom is 0.100 e. The van der Waals surface area contributed by atoms with Crippen molar-refractivity contribution in [2.75, 3.05) is 0 Å². The molecule has 1 aliphatic rings. The molecule has 0 atom stereocenters. The lowest BCUT2D eigenvalue weighted by atomic mass is 9.78. The molecule has 0 spiro atoms. The topological polar surface area (TPSA) is 56.7 Å². The number of nitrogens with two attached hydrogens (primary N) is 1. The highest BCUT2D eigenvalue weighted by atomic mass is 15.4. The van der Waals surface area contributed by atoms with Gasteiger partial charge in [0, 0.05) is 12.5 Å². The summed E-state index contributed by atoms with van der Waals surface area (Å²) in [4.78, 5) is 0. The Bertz CT molecular complexity index is 597. The van der Waals surface area contributed by atoms with E-state index in [1.165, 1.54) is 50.6 Å². The van der Waals surface area contributed by atoms with Gasteiger partial charge in [-0.25, -0.2) is 4.68 Å². The summed E-state index contributed by atoms with van der Waals surface area (Å²) in [6.07, 6.45) is 9.20. The Hall–Kier alpha value is -1.68. The first-order valence-electron chi connectivity index (χ1n) is 9.03. The Morgan fingerprint density at radius 3 is 2.52 bits per heavy atom. The number of para-hydroxylation sites is 1. The van der Waals surface area contributed by atoms with Crippen LogP contribution in [0.1, 0.15) is 69.2 Å². The lowest BCUT2D eigenvalue weighted by Gasteiger charge is -2.29. The van der Waals surface area contributed by atoms with Crippen molar-refractivity contribution < 1.29 is 0 Å². The lowest BCUT2D eigenvalue weighted by molar-refractivity contribution is 0.299. The Morgan fingerprint density at radius 2 is 1.87 bits per heavy atom. The molecule has 1 aliphatic carbocycles. The third-order valence-corrected chi connectivity index (χ3v) is 5.17. The van der Waals surface area contributed by atoms with E-state index in [0.29, 0.717) is 12.5 Å². The van der Waals surface area contributed by atoms with E-state index in [4.69, 9.17) is 5.73 Å². The average molecular weight is 312 g/mol. The Kier molecular flexibility index (Phi) is 5.44. The van der Waals surface area contributed by atoms with Crippen molar-refractivity contribution in [1.82, 2.24) is 15.0 Å². The van der Waals surface area contributed by atoms with Crippen LogP contribution in [0, 0.1) is 5.92 Å². The van der Waals surface area contributed by atoms with Gasteiger partial charge in [0.15, 0.2) is 0 Å². The Labute approximate surface area is 139 Å². The second-order valence-electron chi connectivity index (χ2n) is 6.73. The number of unbranched alkanes of at least 4 members (excludes halogenated alkanes) is 1. The van der Waals surface area contributed by atoms with E-state index in [2.05, 4.69) is 29.4 Å². The van der Waals surface area contributed by atoms with Gasteiger partial charge >= 0.3 is 0 Å². The van der Waals surface area contributed by atoms with Gasteiger partial charge in [-0.3, -0.25) is 0 Å². The van der Waals surface area contributed by atoms with Gasteiger partial charge in [-0.1, -0.05) is 49.6 Å². The van der Waals surface area contributed by atoms with E-state index in [9.17, 15) is 0 Å². The van der Waals surface area contributed by atoms with Crippen LogP contribution in [0.15, 0.2) is 30.3 Å². The van der Waals surface area contributed by atoms with Crippen LogP contribution >= 0.6 is 0 Å². The molecule has 1 aromatic carbocycles. The fourth-order valence-electron chi connectivity index (χ4n) is 3.85. The van der Waals surface area contributed by atoms with E-state index in [-0.39, 0.29) is 0 Å². The SMILES string of the molecule is CCCCC1CCC(c2c(CN)nnn2-c2ccccc2)CC1. The highest BCUT2D eigenvalue weighted by molar-refractivity contribution is 5.34. The van der Waals surface area contributed by atoms with Crippen LogP contribution in [0.4, 0.5) is 0 Å². The van der Waals surface area contributed by atoms with Gasteiger partial charge in [0.05, 0.1) is 11.4 Å². The molecular formula is C19H28N4. The number of aromatic nitrogens is 3. The predicted octanol–water partition coefficient (Wildman–Crippen LogP) is 4.19. The first-order valence-corrected chi connectivity index (χ1v) is 9.03. The van der Waals surface area contributed by atoms with Crippen LogP contribution in [-0.2, 0) is 6.54 Å². The quantitative estimate of drug-likeness (QED) is 0.870. The summed E-state index contributed by atoms with van der Waals surface area (Å²) < 4.78 is 2.01. The molecule has 2 N–H and O–H groups in total. The highest BCUT2D eigenvalue weighted by Crippen LogP contribution is 2.39. The molecule has 1 saturated carbocycles. The zero-order chi connectivity index (χ0) is 16.1. The molecule has 4 heteroatoms. The van der Waals surface area contributed by atoms with Gasteiger partial charge in [0.25, 0.3) is 0 Å². The zero-order valence-corrected chi connectivity index (χ0v) is 14.1. The lowest BCUT2D eigenvalue weighted by Crippen LogP contribution is -2.18. The van der Waals surface area contributed by atoms with Crippen LogP contribution in [0.2, 0.25) is 0 Å². The molecule has 0 saturated heterocycles. The molecule has 2 aromatic rings. The largest absolute Gasteiger partial charge is 0.325 e. The van der Waals surface area contributed by atoms with Gasteiger partial charge in [0.2, 0.25) is 0 Å². The van der Waals surface area contributed by atoms with Crippen molar-refractivity contribution >= 4 is 0 Å². The van der Waals surface area contributed by atoms with Crippen LogP contribution in [0.3, 0.4) is 0 Å². The summed E-state index contributed by atoms with van der Waals surface area (Å²) in [6, 6.07) is 10.3. The third-order valence-electron chi connectivity index (χ3n) is 5.17. The van der Waals surface area contributed by atoms with Crippen LogP contribution in [0.5, 0.6) is 0 Å². The molecule has 1 aromatic heterocycles. The van der Waals surface area contributed by atoms with Gasteiger partial charge in [-0.05, 0) is 43.7 Å². The number of benzene rings is 1. The van der Waals surface area contributed by atoms with Crippen molar-refractivity contribution in [2.45, 2.75) is 64.3 Å². The summed E-state index contributed by atoms with van der Waals surface area (Å²) in [5.41, 5.74) is 9.22. The Balaban J connectivity index is 1.79. The van der Waals surface area contributed by atoms with Crippen molar-refractivity contribution in [3.63, 3.8) is 0 Å². The number of nitrogens with zero attached hydrogens (tertiary/aromatic N) is 3. The van der Waals surface area contributed by atoms with Gasteiger partial charge in [0.1, 0.15) is 5.69 Å². The van der Waals surface area contributed by atoms with E-state index in [1.807, 2.05) is 22.9 Å². The Morgan fingerprint density at radius 1 is 1.13 bits per heavy atom. The second-order valence-corrected chi connectivity index (χ2v) is 6.73. The van der Waals surface area contributed by atoms with E-state index in [0.717, 1.165) is 17.3 Å². The van der Waals surface area contributed by atoms with Crippen molar-refractivity contribution in [3.8, 4) is 5.69 Å². The number of hydrogen-bond donors (Lipinski definition) is 1. The standard InChI is InChI=1S/C19H28N4/c1-2-3-7-15-10-12-16(13-11-15)19-18(14-20)21-22-23(19)17-8-5-4-6-9-17/h4-6,8-9,15-16H,2-3,7,10-14,20H2,1H3. The highest BCUT2D eigenvalue weighted by Gasteiger charge is 2.27. The molecular weight excluding hydrogens is 284 g/mol. The molecule has 124 valence electrons. The number of rotatable bonds is 6. The minimum atomic E-state index is 0.470. The van der Waals surface area contributed by atoms with Gasteiger partial charge in [-0.2, -0.15) is 0 Å². The molecule has 0 aliphatic heterocycles. The molecule has 23 heavy (non-hydrogen) atoms. The van der Waals surface area contributed by atoms with Crippen molar-refractivity contribution in [2.24, 2.45) is 11.7 Å². The minimum absolute atomic E-state index is 0.470. The normalized spacial score (nSPS) is 21.5. The molecule has 3 rings (SSSR count). The minimum Gasteiger partial charge on any atom is -0.325 e. The summed E-state index contributed by atoms with van der Waals surface area (Å²) >= 11 is 0. The molecule has 1 fully saturated rings. The molecule has 0 amide bonds. The summed E-state index contributed by atoms with van der Waals surface area (Å²) in [5, 5.41) is 8.73. The van der Waals surface area contributed by atoms with Crippen LogP contribution < -0.4 is 5.73 Å². The van der Waals surface area contributed by atoms with Crippen LogP contribution in [-0.4, -0.2) is 15.0 Å². The zero-order valence-electron chi connectivity index (χ0n) is 14.1. The first-order chi connectivity index (χ1) is 11.3. The maximum absolute atomic E-state index is 5.93. The summed E-state index contributed by atoms with van der Waals surface area (Å²) in [6.45, 7) is 2.75. The van der Waals surface area contributed by atoms with E-state index >= 15 is 0 Å². The molecule has 0 unspecified atom stereocenters. The predicted molar refractivity (Wildman–Crippen MR) is 93.5 cm³/mol. The van der Waals surface area contributed by atoms with Gasteiger partial charge in [-0.15, -0.1) is 5.10 Å². The molecule has 1 heterocycles. The first kappa shape index (κ1) is 16.2. The smallest absolute Gasteiger partial charge is 0.100 e. The van der Waals surface area contributed by atoms with E-state index in [1.54, 1.807) is 0 Å².